The smallest absolute Gasteiger partial charge is 0.162 e. The maximum atomic E-state index is 3.50. The molecule has 0 saturated heterocycles. The molecule has 2 aromatic carbocycles. The van der Waals surface area contributed by atoms with E-state index in [1.54, 1.807) is 42.3 Å². The first-order chi connectivity index (χ1) is 17.3. The average molecular weight is 522 g/mol. The van der Waals surface area contributed by atoms with Gasteiger partial charge in [-0.3, -0.25) is 0 Å². The summed E-state index contributed by atoms with van der Waals surface area (Å²) in [4.78, 5) is 0. The molecule has 1 aliphatic rings. The van der Waals surface area contributed by atoms with Gasteiger partial charge in [-0.25, -0.2) is 0 Å². The molecular weight excluding hydrogens is 474 g/mol. The van der Waals surface area contributed by atoms with E-state index in [1.807, 2.05) is 12.1 Å². The van der Waals surface area contributed by atoms with Crippen molar-refractivity contribution in [3.05, 3.63) is 134 Å². The third-order valence-corrected chi connectivity index (χ3v) is 5.85. The van der Waals surface area contributed by atoms with Gasteiger partial charge in [0, 0.05) is 0 Å². The van der Waals surface area contributed by atoms with E-state index in [9.17, 15) is 0 Å². The largest absolute Gasteiger partial charge is 0.668 e. The minimum atomic E-state index is 0.411. The van der Waals surface area contributed by atoms with E-state index in [0.29, 0.717) is 5.41 Å². The average Bonchev–Trinajstić information content (AvgIpc) is 2.86. The molecule has 0 unspecified atom stereocenters. The summed E-state index contributed by atoms with van der Waals surface area (Å²) in [6.07, 6.45) is 18.4. The Morgan fingerprint density at radius 1 is 0.694 bits per heavy atom. The summed E-state index contributed by atoms with van der Waals surface area (Å²) in [5, 5.41) is 10.5. The number of benzene rings is 2. The monoisotopic (exact) mass is 521 g/mol. The summed E-state index contributed by atoms with van der Waals surface area (Å²) < 4.78 is 1.49. The Kier molecular flexibility index (Phi) is 26.2. The van der Waals surface area contributed by atoms with Crippen LogP contribution in [0.15, 0.2) is 107 Å². The molecule has 0 amide bonds. The Bertz CT molecular complexity index is 784. The molecule has 0 aliphatic heterocycles. The van der Waals surface area contributed by atoms with Gasteiger partial charge >= 0.3 is 68.2 Å². The molecule has 2 aromatic rings. The molecule has 0 spiro atoms. The second-order valence-corrected chi connectivity index (χ2v) is 9.52. The minimum absolute atomic E-state index is 0.411. The first kappa shape index (κ1) is 36.2. The molecule has 194 valence electrons. The summed E-state index contributed by atoms with van der Waals surface area (Å²) in [5.74, 6) is 0. The molecule has 4 heteroatoms. The number of hydrogen-bond donors (Lipinski definition) is 0. The van der Waals surface area contributed by atoms with E-state index in [4.69, 9.17) is 0 Å². The minimum Gasteiger partial charge on any atom is -0.668 e. The molecular formula is C32H47N3Ti. The molecule has 0 fully saturated rings. The maximum Gasteiger partial charge on any atom is -0.162 e. The third kappa shape index (κ3) is 22.5. The van der Waals surface area contributed by atoms with Crippen molar-refractivity contribution in [2.45, 2.75) is 33.1 Å². The van der Waals surface area contributed by atoms with E-state index in [1.165, 1.54) is 21.4 Å². The van der Waals surface area contributed by atoms with Gasteiger partial charge < -0.3 is 16.0 Å². The molecule has 1 aliphatic carbocycles. The van der Waals surface area contributed by atoms with Crippen LogP contribution in [-0.2, 0) is 33.3 Å². The van der Waals surface area contributed by atoms with Gasteiger partial charge in [-0.05, 0) is 24.0 Å². The quantitative estimate of drug-likeness (QED) is 0.279. The van der Waals surface area contributed by atoms with Crippen molar-refractivity contribution in [3.8, 4) is 0 Å². The van der Waals surface area contributed by atoms with Crippen LogP contribution >= 0.6 is 0 Å². The summed E-state index contributed by atoms with van der Waals surface area (Å²) >= 11 is 2.20. The molecule has 3 rings (SSSR count). The van der Waals surface area contributed by atoms with E-state index in [0.717, 1.165) is 12.8 Å². The van der Waals surface area contributed by atoms with Crippen LogP contribution in [0.3, 0.4) is 0 Å². The van der Waals surface area contributed by atoms with Gasteiger partial charge in [0.25, 0.3) is 0 Å². The Labute approximate surface area is 234 Å². The first-order valence-corrected chi connectivity index (χ1v) is 13.0. The Balaban J connectivity index is 0. The van der Waals surface area contributed by atoms with Crippen molar-refractivity contribution in [1.29, 1.82) is 0 Å². The van der Waals surface area contributed by atoms with Crippen LogP contribution in [0.5, 0.6) is 0 Å². The summed E-state index contributed by atoms with van der Waals surface area (Å²) in [6, 6.07) is 21.0. The van der Waals surface area contributed by atoms with Crippen LogP contribution in [-0.4, -0.2) is 42.3 Å². The van der Waals surface area contributed by atoms with Crippen molar-refractivity contribution < 1.29 is 20.4 Å². The van der Waals surface area contributed by atoms with Crippen LogP contribution in [0.1, 0.15) is 31.4 Å². The fraction of sp³-hybridized carbons (Fsp3) is 0.375. The summed E-state index contributed by atoms with van der Waals surface area (Å²) in [5.41, 5.74) is 3.12. The molecule has 0 heterocycles. The zero-order valence-corrected chi connectivity index (χ0v) is 25.3. The normalized spacial score (nSPS) is 13.1. The predicted octanol–water partition coefficient (Wildman–Crippen LogP) is 8.85. The van der Waals surface area contributed by atoms with Crippen molar-refractivity contribution >= 4 is 0 Å². The second-order valence-electron chi connectivity index (χ2n) is 8.67. The molecule has 0 bridgehead atoms. The SMILES string of the molecule is C(C=CCc1ccccc1)=CCc1ccccc1.CC1(C)CC=CC=[C]1[Ti+3].C[N-]C.C[N-]C.C[N-]C. The van der Waals surface area contributed by atoms with E-state index < -0.39 is 0 Å². The summed E-state index contributed by atoms with van der Waals surface area (Å²) in [6.45, 7) is 4.56. The van der Waals surface area contributed by atoms with Gasteiger partial charge in [0.1, 0.15) is 0 Å². The molecule has 0 atom stereocenters. The van der Waals surface area contributed by atoms with Crippen molar-refractivity contribution in [2.24, 2.45) is 5.41 Å². The molecule has 0 radical (unpaired) electrons. The first-order valence-electron chi connectivity index (χ1n) is 12.2. The summed E-state index contributed by atoms with van der Waals surface area (Å²) in [7, 11) is 10.5. The van der Waals surface area contributed by atoms with Gasteiger partial charge in [-0.2, -0.15) is 42.3 Å². The molecule has 0 N–H and O–H groups in total. The molecule has 0 aromatic heterocycles. The maximum absolute atomic E-state index is 3.50. The number of allylic oxidation sites excluding steroid dienone is 8. The van der Waals surface area contributed by atoms with Crippen LogP contribution in [0.2, 0.25) is 0 Å². The molecule has 0 saturated carbocycles. The van der Waals surface area contributed by atoms with Gasteiger partial charge in [0.15, 0.2) is 0 Å². The van der Waals surface area contributed by atoms with Crippen molar-refractivity contribution in [2.75, 3.05) is 42.3 Å². The Morgan fingerprint density at radius 3 is 1.33 bits per heavy atom. The van der Waals surface area contributed by atoms with Crippen LogP contribution < -0.4 is 0 Å². The van der Waals surface area contributed by atoms with Gasteiger partial charge in [-0.1, -0.05) is 85.0 Å². The zero-order chi connectivity index (χ0) is 27.5. The van der Waals surface area contributed by atoms with Crippen LogP contribution in [0.25, 0.3) is 16.0 Å². The van der Waals surface area contributed by atoms with Crippen LogP contribution in [0, 0.1) is 5.41 Å². The van der Waals surface area contributed by atoms with E-state index >= 15 is 0 Å². The van der Waals surface area contributed by atoms with Crippen LogP contribution in [0.4, 0.5) is 0 Å². The Hall–Kier alpha value is -2.01. The van der Waals surface area contributed by atoms with E-state index in [2.05, 4.69) is 141 Å². The third-order valence-electron chi connectivity index (χ3n) is 4.53. The Morgan fingerprint density at radius 2 is 1.06 bits per heavy atom. The van der Waals surface area contributed by atoms with Gasteiger partial charge in [-0.15, -0.1) is 0 Å². The van der Waals surface area contributed by atoms with Gasteiger partial charge in [0.05, 0.1) is 0 Å². The number of hydrogen-bond acceptors (Lipinski definition) is 0. The fourth-order valence-electron chi connectivity index (χ4n) is 2.66. The van der Waals surface area contributed by atoms with Crippen molar-refractivity contribution in [3.63, 3.8) is 0 Å². The second kappa shape index (κ2) is 26.1. The predicted molar refractivity (Wildman–Crippen MR) is 160 cm³/mol. The molecule has 3 nitrogen and oxygen atoms in total. The van der Waals surface area contributed by atoms with Gasteiger partial charge in [0.2, 0.25) is 0 Å². The topological polar surface area (TPSA) is 42.3 Å². The standard InChI is InChI=1S/C18H18.C8H11.3C2H6N.Ti/c1(5-11-17-13-7-3-8-14-17)2-6-12-18-15-9-4-10-16-18;1-8(2)6-4-3-5-7-8;3*1-3-2;/h1-10,13-16H,11-12H2;3-5H,6H2,1-2H3;3*1-2H3;/q;;3*-1;+3. The zero-order valence-electron chi connectivity index (χ0n) is 23.8. The number of rotatable bonds is 5. The fourth-order valence-corrected chi connectivity index (χ4v) is 2.97. The molecule has 36 heavy (non-hydrogen) atoms. The van der Waals surface area contributed by atoms with Crippen molar-refractivity contribution in [1.82, 2.24) is 0 Å². The number of nitrogens with zero attached hydrogens (tertiary/aromatic N) is 3. The van der Waals surface area contributed by atoms with E-state index in [-0.39, 0.29) is 0 Å².